The first kappa shape index (κ1) is 9.35. The van der Waals surface area contributed by atoms with E-state index in [2.05, 4.69) is 16.0 Å². The predicted molar refractivity (Wildman–Crippen MR) is 56.9 cm³/mol. The molecule has 0 fully saturated rings. The van der Waals surface area contributed by atoms with Crippen molar-refractivity contribution < 1.29 is 0 Å². The van der Waals surface area contributed by atoms with Crippen LogP contribution >= 0.6 is 0 Å². The van der Waals surface area contributed by atoms with Gasteiger partial charge in [0.25, 0.3) is 0 Å². The van der Waals surface area contributed by atoms with Crippen LogP contribution < -0.4 is 0 Å². The molecule has 0 spiro atoms. The first-order valence-corrected chi connectivity index (χ1v) is 4.60. The third-order valence-corrected chi connectivity index (χ3v) is 2.08. The first-order valence-electron chi connectivity index (χ1n) is 4.60. The minimum Gasteiger partial charge on any atom is -0.256 e. The number of pyridine rings is 2. The van der Waals surface area contributed by atoms with Crippen molar-refractivity contribution >= 4 is 0 Å². The number of aryl methyl sites for hydroxylation is 1. The normalized spacial score (nSPS) is 9.60. The van der Waals surface area contributed by atoms with Crippen LogP contribution in [0.4, 0.5) is 0 Å². The molecule has 0 aliphatic rings. The molecule has 2 rings (SSSR count). The molecular formula is C12H9N3. The van der Waals surface area contributed by atoms with Gasteiger partial charge in [-0.05, 0) is 31.2 Å². The van der Waals surface area contributed by atoms with Gasteiger partial charge in [-0.3, -0.25) is 4.98 Å². The highest BCUT2D eigenvalue weighted by atomic mass is 14.7. The third kappa shape index (κ3) is 1.84. The second-order valence-corrected chi connectivity index (χ2v) is 3.18. The van der Waals surface area contributed by atoms with Gasteiger partial charge >= 0.3 is 0 Å². The van der Waals surface area contributed by atoms with E-state index in [1.54, 1.807) is 6.20 Å². The van der Waals surface area contributed by atoms with Gasteiger partial charge < -0.3 is 0 Å². The topological polar surface area (TPSA) is 49.6 Å². The predicted octanol–water partition coefficient (Wildman–Crippen LogP) is 2.32. The van der Waals surface area contributed by atoms with Gasteiger partial charge in [0.05, 0.1) is 5.69 Å². The number of nitriles is 1. The minimum atomic E-state index is 0.425. The van der Waals surface area contributed by atoms with Crippen molar-refractivity contribution in [2.24, 2.45) is 0 Å². The Hall–Kier alpha value is -2.21. The Labute approximate surface area is 88.1 Å². The Balaban J connectivity index is 2.60. The maximum atomic E-state index is 8.96. The summed E-state index contributed by atoms with van der Waals surface area (Å²) in [6.45, 7) is 1.86. The summed E-state index contributed by atoms with van der Waals surface area (Å²) in [6, 6.07) is 11.4. The summed E-state index contributed by atoms with van der Waals surface area (Å²) >= 11 is 0. The van der Waals surface area contributed by atoms with Gasteiger partial charge in [-0.15, -0.1) is 0 Å². The van der Waals surface area contributed by atoms with Crippen molar-refractivity contribution in [3.8, 4) is 17.3 Å². The molecule has 0 unspecified atom stereocenters. The zero-order valence-corrected chi connectivity index (χ0v) is 8.31. The second kappa shape index (κ2) is 3.89. The molecule has 0 saturated heterocycles. The van der Waals surface area contributed by atoms with Crippen LogP contribution in [0.1, 0.15) is 11.4 Å². The summed E-state index contributed by atoms with van der Waals surface area (Å²) < 4.78 is 0. The molecule has 0 aliphatic heterocycles. The van der Waals surface area contributed by atoms with Gasteiger partial charge in [0, 0.05) is 17.5 Å². The number of hydrogen-bond acceptors (Lipinski definition) is 3. The Morgan fingerprint density at radius 1 is 1.20 bits per heavy atom. The quantitative estimate of drug-likeness (QED) is 0.701. The first-order chi connectivity index (χ1) is 7.31. The fourth-order valence-corrected chi connectivity index (χ4v) is 1.37. The molecule has 2 aromatic heterocycles. The summed E-state index contributed by atoms with van der Waals surface area (Å²) in [4.78, 5) is 8.36. The van der Waals surface area contributed by atoms with Crippen LogP contribution in [0.2, 0.25) is 0 Å². The van der Waals surface area contributed by atoms with Crippen molar-refractivity contribution in [2.75, 3.05) is 0 Å². The van der Waals surface area contributed by atoms with E-state index in [1.165, 1.54) is 0 Å². The highest BCUT2D eigenvalue weighted by Gasteiger charge is 2.06. The van der Waals surface area contributed by atoms with E-state index in [9.17, 15) is 0 Å². The van der Waals surface area contributed by atoms with Gasteiger partial charge in [0.1, 0.15) is 11.8 Å². The minimum absolute atomic E-state index is 0.425. The molecule has 0 N–H and O–H groups in total. The average Bonchev–Trinajstić information content (AvgIpc) is 2.30. The van der Waals surface area contributed by atoms with Gasteiger partial charge in [-0.2, -0.15) is 5.26 Å². The van der Waals surface area contributed by atoms with Crippen LogP contribution in [0.15, 0.2) is 36.5 Å². The van der Waals surface area contributed by atoms with Crippen molar-refractivity contribution in [3.05, 3.63) is 47.9 Å². The molecule has 3 nitrogen and oxygen atoms in total. The van der Waals surface area contributed by atoms with Gasteiger partial charge in [0.15, 0.2) is 0 Å². The lowest BCUT2D eigenvalue weighted by atomic mass is 10.1. The summed E-state index contributed by atoms with van der Waals surface area (Å²) in [5.41, 5.74) is 2.82. The third-order valence-electron chi connectivity index (χ3n) is 2.08. The molecule has 0 aromatic carbocycles. The molecule has 0 atom stereocenters. The molecule has 0 bridgehead atoms. The standard InChI is InChI=1S/C12H9N3/c1-9-5-6-10(12(8-13)15-9)11-4-2-3-7-14-11/h2-7H,1H3. The zero-order valence-electron chi connectivity index (χ0n) is 8.31. The Morgan fingerprint density at radius 2 is 2.07 bits per heavy atom. The number of rotatable bonds is 1. The van der Waals surface area contributed by atoms with Crippen molar-refractivity contribution in [1.82, 2.24) is 9.97 Å². The van der Waals surface area contributed by atoms with Gasteiger partial charge in [0.2, 0.25) is 0 Å². The van der Waals surface area contributed by atoms with Crippen molar-refractivity contribution in [1.29, 1.82) is 5.26 Å². The largest absolute Gasteiger partial charge is 0.256 e. The smallest absolute Gasteiger partial charge is 0.150 e. The maximum absolute atomic E-state index is 8.96. The highest BCUT2D eigenvalue weighted by molar-refractivity contribution is 5.64. The lowest BCUT2D eigenvalue weighted by molar-refractivity contribution is 1.16. The summed E-state index contributed by atoms with van der Waals surface area (Å²) in [6.07, 6.45) is 1.70. The van der Waals surface area contributed by atoms with E-state index in [1.807, 2.05) is 37.3 Å². The van der Waals surface area contributed by atoms with Crippen LogP contribution in [0.3, 0.4) is 0 Å². The van der Waals surface area contributed by atoms with E-state index >= 15 is 0 Å². The summed E-state index contributed by atoms with van der Waals surface area (Å²) in [7, 11) is 0. The molecule has 0 amide bonds. The van der Waals surface area contributed by atoms with Gasteiger partial charge in [-0.1, -0.05) is 6.07 Å². The number of nitrogens with zero attached hydrogens (tertiary/aromatic N) is 3. The molecule has 0 aliphatic carbocycles. The Bertz CT molecular complexity index is 512. The number of hydrogen-bond donors (Lipinski definition) is 0. The van der Waals surface area contributed by atoms with E-state index < -0.39 is 0 Å². The second-order valence-electron chi connectivity index (χ2n) is 3.18. The summed E-state index contributed by atoms with van der Waals surface area (Å²) in [5.74, 6) is 0. The lowest BCUT2D eigenvalue weighted by Gasteiger charge is -2.02. The average molecular weight is 195 g/mol. The van der Waals surface area contributed by atoms with Crippen LogP contribution in [-0.4, -0.2) is 9.97 Å². The van der Waals surface area contributed by atoms with E-state index in [4.69, 9.17) is 5.26 Å². The molecule has 0 radical (unpaired) electrons. The molecule has 2 aromatic rings. The van der Waals surface area contributed by atoms with E-state index in [0.29, 0.717) is 5.69 Å². The van der Waals surface area contributed by atoms with Crippen molar-refractivity contribution in [2.45, 2.75) is 6.92 Å². The van der Waals surface area contributed by atoms with Crippen molar-refractivity contribution in [3.63, 3.8) is 0 Å². The van der Waals surface area contributed by atoms with E-state index in [-0.39, 0.29) is 0 Å². The maximum Gasteiger partial charge on any atom is 0.150 e. The molecule has 72 valence electrons. The Kier molecular flexibility index (Phi) is 2.42. The van der Waals surface area contributed by atoms with Crippen LogP contribution in [0.5, 0.6) is 0 Å². The zero-order chi connectivity index (χ0) is 10.7. The molecule has 3 heteroatoms. The molecule has 15 heavy (non-hydrogen) atoms. The molecule has 2 heterocycles. The van der Waals surface area contributed by atoms with Crippen LogP contribution in [-0.2, 0) is 0 Å². The lowest BCUT2D eigenvalue weighted by Crippen LogP contribution is -1.92. The number of aromatic nitrogens is 2. The summed E-state index contributed by atoms with van der Waals surface area (Å²) in [5, 5.41) is 8.96. The Morgan fingerprint density at radius 3 is 2.73 bits per heavy atom. The van der Waals surface area contributed by atoms with Crippen LogP contribution in [0.25, 0.3) is 11.3 Å². The van der Waals surface area contributed by atoms with E-state index in [0.717, 1.165) is 17.0 Å². The fourth-order valence-electron chi connectivity index (χ4n) is 1.37. The molecule has 0 saturated carbocycles. The van der Waals surface area contributed by atoms with Crippen LogP contribution in [0, 0.1) is 18.3 Å². The van der Waals surface area contributed by atoms with Gasteiger partial charge in [-0.25, -0.2) is 4.98 Å². The monoisotopic (exact) mass is 195 g/mol. The molecular weight excluding hydrogens is 186 g/mol. The highest BCUT2D eigenvalue weighted by Crippen LogP contribution is 2.19. The fraction of sp³-hybridized carbons (Fsp3) is 0.0833. The SMILES string of the molecule is Cc1ccc(-c2ccccn2)c(C#N)n1.